The van der Waals surface area contributed by atoms with E-state index in [1.54, 1.807) is 27.7 Å². The molecule has 126 valence electrons. The molecule has 0 saturated carbocycles. The smallest absolute Gasteiger partial charge is 0.163 e. The number of azide groups is 1. The molecule has 2 aliphatic rings. The zero-order valence-corrected chi connectivity index (χ0v) is 13.2. The van der Waals surface area contributed by atoms with Gasteiger partial charge in [-0.3, -0.25) is 0 Å². The maximum atomic E-state index is 10.5. The molecule has 0 aliphatic carbocycles. The van der Waals surface area contributed by atoms with Crippen LogP contribution in [-0.4, -0.2) is 65.5 Å². The maximum absolute atomic E-state index is 10.5. The Hall–Kier alpha value is -0.930. The highest BCUT2D eigenvalue weighted by Gasteiger charge is 2.51. The van der Waals surface area contributed by atoms with Crippen LogP contribution in [0.2, 0.25) is 0 Å². The first-order valence-electron chi connectivity index (χ1n) is 7.19. The summed E-state index contributed by atoms with van der Waals surface area (Å²) in [4.78, 5) is 2.69. The van der Waals surface area contributed by atoms with Crippen LogP contribution in [0.4, 0.5) is 0 Å². The first-order valence-corrected chi connectivity index (χ1v) is 7.19. The molecule has 9 heteroatoms. The standard InChI is InChI=1S/C13H23N3O6/c1-12(2)19-6-8(20-12)11-9(18)10(7(5-17)15-16-14)21-13(3,4)22-11/h7-11,17-18H,5-6H2,1-4H3/t7-,8+,9+,10-,11+/m0/s1. The molecular weight excluding hydrogens is 294 g/mol. The summed E-state index contributed by atoms with van der Waals surface area (Å²) < 4.78 is 22.7. The molecule has 2 heterocycles. The van der Waals surface area contributed by atoms with E-state index in [4.69, 9.17) is 24.5 Å². The van der Waals surface area contributed by atoms with Crippen molar-refractivity contribution in [3.63, 3.8) is 0 Å². The Balaban J connectivity index is 2.21. The lowest BCUT2D eigenvalue weighted by atomic mass is 9.96. The fraction of sp³-hybridized carbons (Fsp3) is 1.00. The Labute approximate surface area is 128 Å². The molecule has 5 atom stereocenters. The average Bonchev–Trinajstić information content (AvgIpc) is 2.78. The lowest BCUT2D eigenvalue weighted by molar-refractivity contribution is -0.350. The van der Waals surface area contributed by atoms with Crippen molar-refractivity contribution in [1.82, 2.24) is 0 Å². The summed E-state index contributed by atoms with van der Waals surface area (Å²) in [6.07, 6.45) is -3.24. The Morgan fingerprint density at radius 3 is 2.41 bits per heavy atom. The number of hydrogen-bond acceptors (Lipinski definition) is 7. The second kappa shape index (κ2) is 6.29. The zero-order chi connectivity index (χ0) is 16.5. The minimum absolute atomic E-state index is 0.267. The van der Waals surface area contributed by atoms with Gasteiger partial charge in [-0.05, 0) is 33.2 Å². The molecule has 2 N–H and O–H groups in total. The summed E-state index contributed by atoms with van der Waals surface area (Å²) in [5.74, 6) is -1.78. The van der Waals surface area contributed by atoms with Gasteiger partial charge in [0.2, 0.25) is 0 Å². The van der Waals surface area contributed by atoms with Crippen LogP contribution in [0, 0.1) is 0 Å². The van der Waals surface area contributed by atoms with E-state index >= 15 is 0 Å². The van der Waals surface area contributed by atoms with Crippen LogP contribution in [0.15, 0.2) is 5.11 Å². The van der Waals surface area contributed by atoms with E-state index in [2.05, 4.69) is 10.0 Å². The molecule has 2 saturated heterocycles. The van der Waals surface area contributed by atoms with E-state index in [-0.39, 0.29) is 6.61 Å². The van der Waals surface area contributed by atoms with Crippen LogP contribution in [-0.2, 0) is 18.9 Å². The zero-order valence-electron chi connectivity index (χ0n) is 13.2. The molecule has 0 bridgehead atoms. The highest BCUT2D eigenvalue weighted by Crippen LogP contribution is 2.35. The molecule has 0 aromatic heterocycles. The van der Waals surface area contributed by atoms with Gasteiger partial charge in [-0.1, -0.05) is 5.11 Å². The maximum Gasteiger partial charge on any atom is 0.163 e. The molecule has 0 spiro atoms. The summed E-state index contributed by atoms with van der Waals surface area (Å²) in [5, 5.41) is 23.4. The predicted octanol–water partition coefficient (Wildman–Crippen LogP) is 0.690. The molecule has 2 aliphatic heterocycles. The van der Waals surface area contributed by atoms with Crippen molar-refractivity contribution in [2.24, 2.45) is 5.11 Å². The van der Waals surface area contributed by atoms with E-state index in [1.165, 1.54) is 0 Å². The van der Waals surface area contributed by atoms with Gasteiger partial charge in [0.25, 0.3) is 0 Å². The lowest BCUT2D eigenvalue weighted by Gasteiger charge is -2.46. The third-order valence-corrected chi connectivity index (χ3v) is 3.68. The number of hydrogen-bond donors (Lipinski definition) is 2. The third kappa shape index (κ3) is 3.69. The van der Waals surface area contributed by atoms with Crippen molar-refractivity contribution in [1.29, 1.82) is 0 Å². The monoisotopic (exact) mass is 317 g/mol. The van der Waals surface area contributed by atoms with Crippen LogP contribution in [0.3, 0.4) is 0 Å². The Morgan fingerprint density at radius 1 is 1.23 bits per heavy atom. The van der Waals surface area contributed by atoms with Crippen molar-refractivity contribution in [2.45, 2.75) is 69.7 Å². The summed E-state index contributed by atoms with van der Waals surface area (Å²) in [5.41, 5.74) is 8.59. The largest absolute Gasteiger partial charge is 0.396 e. The van der Waals surface area contributed by atoms with Crippen LogP contribution >= 0.6 is 0 Å². The molecule has 9 nitrogen and oxygen atoms in total. The van der Waals surface area contributed by atoms with Crippen LogP contribution in [0.5, 0.6) is 0 Å². The molecule has 22 heavy (non-hydrogen) atoms. The van der Waals surface area contributed by atoms with Crippen LogP contribution < -0.4 is 0 Å². The van der Waals surface area contributed by atoms with Crippen LogP contribution in [0.25, 0.3) is 10.4 Å². The number of ether oxygens (including phenoxy) is 4. The first kappa shape index (κ1) is 17.4. The van der Waals surface area contributed by atoms with Gasteiger partial charge in [0.15, 0.2) is 11.6 Å². The second-order valence-electron chi connectivity index (χ2n) is 6.38. The van der Waals surface area contributed by atoms with Crippen molar-refractivity contribution in [2.75, 3.05) is 13.2 Å². The Morgan fingerprint density at radius 2 is 1.91 bits per heavy atom. The van der Waals surface area contributed by atoms with Gasteiger partial charge in [-0.15, -0.1) is 0 Å². The fourth-order valence-corrected chi connectivity index (χ4v) is 2.76. The molecule has 0 aromatic rings. The lowest BCUT2D eigenvalue weighted by Crippen LogP contribution is -2.61. The Bertz CT molecular complexity index is 451. The average molecular weight is 317 g/mol. The SMILES string of the molecule is CC1(C)O[C@@H]([C@H](CO)N=[N+]=[N-])[C@@H](O)[C@@H]([C@H]2COC(C)(C)O2)O1. The molecule has 0 amide bonds. The highest BCUT2D eigenvalue weighted by molar-refractivity contribution is 4.96. The highest BCUT2D eigenvalue weighted by atomic mass is 16.8. The van der Waals surface area contributed by atoms with Crippen LogP contribution in [0.1, 0.15) is 27.7 Å². The minimum atomic E-state index is -1.13. The van der Waals surface area contributed by atoms with Gasteiger partial charge in [-0.2, -0.15) is 0 Å². The van der Waals surface area contributed by atoms with E-state index in [0.29, 0.717) is 0 Å². The molecular formula is C13H23N3O6. The molecule has 2 fully saturated rings. The quantitative estimate of drug-likeness (QED) is 0.446. The molecule has 0 aromatic carbocycles. The predicted molar refractivity (Wildman–Crippen MR) is 74.8 cm³/mol. The Kier molecular flexibility index (Phi) is 4.98. The van der Waals surface area contributed by atoms with Crippen molar-refractivity contribution in [3.8, 4) is 0 Å². The molecule has 0 unspecified atom stereocenters. The van der Waals surface area contributed by atoms with Gasteiger partial charge in [0.1, 0.15) is 24.4 Å². The minimum Gasteiger partial charge on any atom is -0.396 e. The normalized spacial score (nSPS) is 38.3. The molecule has 0 radical (unpaired) electrons. The van der Waals surface area contributed by atoms with E-state index in [9.17, 15) is 10.2 Å². The summed E-state index contributed by atoms with van der Waals surface area (Å²) in [6.45, 7) is 6.75. The number of aliphatic hydroxyl groups is 2. The summed E-state index contributed by atoms with van der Waals surface area (Å²) in [7, 11) is 0. The van der Waals surface area contributed by atoms with Crippen molar-refractivity contribution >= 4 is 0 Å². The van der Waals surface area contributed by atoms with Gasteiger partial charge >= 0.3 is 0 Å². The first-order chi connectivity index (χ1) is 10.2. The summed E-state index contributed by atoms with van der Waals surface area (Å²) in [6, 6.07) is -0.916. The van der Waals surface area contributed by atoms with Crippen molar-refractivity contribution in [3.05, 3.63) is 10.4 Å². The van der Waals surface area contributed by atoms with Crippen molar-refractivity contribution < 1.29 is 29.2 Å². The summed E-state index contributed by atoms with van der Waals surface area (Å²) >= 11 is 0. The third-order valence-electron chi connectivity index (χ3n) is 3.68. The van der Waals surface area contributed by atoms with E-state index in [0.717, 1.165) is 0 Å². The van der Waals surface area contributed by atoms with E-state index in [1.807, 2.05) is 0 Å². The second-order valence-corrected chi connectivity index (χ2v) is 6.38. The van der Waals surface area contributed by atoms with E-state index < -0.39 is 48.6 Å². The van der Waals surface area contributed by atoms with Gasteiger partial charge in [0.05, 0.1) is 19.3 Å². The number of rotatable bonds is 4. The molecule has 2 rings (SSSR count). The number of aliphatic hydroxyl groups excluding tert-OH is 2. The van der Waals surface area contributed by atoms with Gasteiger partial charge in [-0.25, -0.2) is 0 Å². The van der Waals surface area contributed by atoms with Gasteiger partial charge < -0.3 is 29.2 Å². The number of nitrogens with zero attached hydrogens (tertiary/aromatic N) is 3. The topological polar surface area (TPSA) is 126 Å². The fourth-order valence-electron chi connectivity index (χ4n) is 2.76. The van der Waals surface area contributed by atoms with Gasteiger partial charge in [0, 0.05) is 4.91 Å².